The number of hydrogen-bond donors (Lipinski definition) is 1. The predicted molar refractivity (Wildman–Crippen MR) is 93.6 cm³/mol. The number of ether oxygens (including phenoxy) is 1. The molecule has 7 heteroatoms. The minimum absolute atomic E-state index is 0.230. The molecule has 1 saturated carbocycles. The second-order valence-corrected chi connectivity index (χ2v) is 7.19. The fraction of sp³-hybridized carbons (Fsp3) is 0.526. The Morgan fingerprint density at radius 3 is 2.92 bits per heavy atom. The quantitative estimate of drug-likeness (QED) is 0.850. The molecule has 138 valence electrons. The van der Waals surface area contributed by atoms with Gasteiger partial charge in [-0.25, -0.2) is 0 Å². The van der Waals surface area contributed by atoms with E-state index in [1.54, 1.807) is 0 Å². The van der Waals surface area contributed by atoms with E-state index in [1.807, 2.05) is 31.2 Å². The molecule has 2 aliphatic rings. The Labute approximate surface area is 152 Å². The number of carbonyl (C=O) groups is 1. The standard InChI is InChI=1S/C19H23N3O4/c1-2-25-15-7-5-13(6-8-15)17-20-16(26-21-17)11-22-10-14-4-3-9-19(14,12-22)18(23)24/h5-8,14H,2-4,9-12H2,1H3,(H,23,24)/t14-,19+/m0/s1. The molecule has 1 aliphatic carbocycles. The number of nitrogens with zero attached hydrogens (tertiary/aromatic N) is 3. The Morgan fingerprint density at radius 2 is 2.23 bits per heavy atom. The van der Waals surface area contributed by atoms with E-state index in [4.69, 9.17) is 9.26 Å². The summed E-state index contributed by atoms with van der Waals surface area (Å²) in [6.07, 6.45) is 2.77. The van der Waals surface area contributed by atoms with Crippen LogP contribution in [0.5, 0.6) is 5.75 Å². The van der Waals surface area contributed by atoms with E-state index in [2.05, 4.69) is 15.0 Å². The number of benzene rings is 1. The Morgan fingerprint density at radius 1 is 1.42 bits per heavy atom. The van der Waals surface area contributed by atoms with Crippen molar-refractivity contribution in [2.45, 2.75) is 32.7 Å². The summed E-state index contributed by atoms with van der Waals surface area (Å²) in [7, 11) is 0. The molecule has 7 nitrogen and oxygen atoms in total. The van der Waals surface area contributed by atoms with Crippen molar-refractivity contribution in [1.29, 1.82) is 0 Å². The number of rotatable bonds is 6. The van der Waals surface area contributed by atoms with E-state index in [1.165, 1.54) is 0 Å². The number of carboxylic acid groups (broad SMARTS) is 1. The third-order valence-electron chi connectivity index (χ3n) is 5.62. The Hall–Kier alpha value is -2.41. The summed E-state index contributed by atoms with van der Waals surface area (Å²) in [5.74, 6) is 1.43. The van der Waals surface area contributed by atoms with Crippen molar-refractivity contribution in [1.82, 2.24) is 15.0 Å². The second kappa shape index (κ2) is 6.72. The maximum atomic E-state index is 11.8. The predicted octanol–water partition coefficient (Wildman–Crippen LogP) is 2.82. The lowest BCUT2D eigenvalue weighted by Gasteiger charge is -2.23. The van der Waals surface area contributed by atoms with Crippen molar-refractivity contribution in [2.75, 3.05) is 19.7 Å². The van der Waals surface area contributed by atoms with E-state index in [9.17, 15) is 9.90 Å². The van der Waals surface area contributed by atoms with Crippen molar-refractivity contribution in [3.63, 3.8) is 0 Å². The first-order valence-corrected chi connectivity index (χ1v) is 9.12. The Balaban J connectivity index is 1.44. The fourth-order valence-corrected chi connectivity index (χ4v) is 4.36. The van der Waals surface area contributed by atoms with Gasteiger partial charge >= 0.3 is 5.97 Å². The summed E-state index contributed by atoms with van der Waals surface area (Å²) in [6.45, 7) is 4.41. The minimum atomic E-state index is -0.664. The van der Waals surface area contributed by atoms with Crippen LogP contribution in [-0.2, 0) is 11.3 Å². The summed E-state index contributed by atoms with van der Waals surface area (Å²) in [5, 5.41) is 13.7. The summed E-state index contributed by atoms with van der Waals surface area (Å²) in [5.41, 5.74) is 0.279. The molecule has 1 N–H and O–H groups in total. The number of carboxylic acids is 1. The van der Waals surface area contributed by atoms with Gasteiger partial charge in [0, 0.05) is 18.7 Å². The second-order valence-electron chi connectivity index (χ2n) is 7.19. The molecule has 0 bridgehead atoms. The Bertz CT molecular complexity index is 788. The van der Waals surface area contributed by atoms with Crippen LogP contribution in [0.3, 0.4) is 0 Å². The van der Waals surface area contributed by atoms with Crippen molar-refractivity contribution < 1.29 is 19.2 Å². The topological polar surface area (TPSA) is 88.7 Å². The molecule has 2 heterocycles. The highest BCUT2D eigenvalue weighted by Gasteiger charge is 2.54. The van der Waals surface area contributed by atoms with Gasteiger partial charge in [-0.05, 0) is 49.9 Å². The number of aliphatic carboxylic acids is 1. The molecule has 4 rings (SSSR count). The van der Waals surface area contributed by atoms with Gasteiger partial charge in [0.1, 0.15) is 5.75 Å². The highest BCUT2D eigenvalue weighted by molar-refractivity contribution is 5.76. The van der Waals surface area contributed by atoms with E-state index >= 15 is 0 Å². The van der Waals surface area contributed by atoms with Gasteiger partial charge in [-0.1, -0.05) is 11.6 Å². The highest BCUT2D eigenvalue weighted by atomic mass is 16.5. The van der Waals surface area contributed by atoms with Crippen LogP contribution in [0.1, 0.15) is 32.1 Å². The van der Waals surface area contributed by atoms with Gasteiger partial charge in [0.05, 0.1) is 18.6 Å². The first kappa shape index (κ1) is 17.0. The molecule has 1 aliphatic heterocycles. The van der Waals surface area contributed by atoms with Gasteiger partial charge in [0.15, 0.2) is 0 Å². The first-order chi connectivity index (χ1) is 12.6. The highest BCUT2D eigenvalue weighted by Crippen LogP contribution is 2.49. The van der Waals surface area contributed by atoms with Crippen molar-refractivity contribution in [3.05, 3.63) is 30.2 Å². The Kier molecular flexibility index (Phi) is 4.40. The third-order valence-corrected chi connectivity index (χ3v) is 5.62. The number of hydrogen-bond acceptors (Lipinski definition) is 6. The van der Waals surface area contributed by atoms with Crippen LogP contribution < -0.4 is 4.74 Å². The molecular weight excluding hydrogens is 334 g/mol. The van der Waals surface area contributed by atoms with Gasteiger partial charge in [-0.2, -0.15) is 4.98 Å². The van der Waals surface area contributed by atoms with Crippen LogP contribution in [0.2, 0.25) is 0 Å². The lowest BCUT2D eigenvalue weighted by atomic mass is 9.81. The zero-order valence-corrected chi connectivity index (χ0v) is 14.9. The average Bonchev–Trinajstić information content (AvgIpc) is 3.31. The molecule has 0 amide bonds. The molecule has 0 spiro atoms. The molecule has 0 radical (unpaired) electrons. The van der Waals surface area contributed by atoms with Gasteiger partial charge in [0.2, 0.25) is 11.7 Å². The molecule has 1 aromatic heterocycles. The number of likely N-dealkylation sites (tertiary alicyclic amines) is 1. The van der Waals surface area contributed by atoms with Crippen LogP contribution in [0.4, 0.5) is 0 Å². The largest absolute Gasteiger partial charge is 0.494 e. The lowest BCUT2D eigenvalue weighted by Crippen LogP contribution is -2.35. The third kappa shape index (κ3) is 2.96. The first-order valence-electron chi connectivity index (χ1n) is 9.12. The van der Waals surface area contributed by atoms with Crippen molar-refractivity contribution in [3.8, 4) is 17.1 Å². The maximum absolute atomic E-state index is 11.8. The normalized spacial score (nSPS) is 25.3. The number of aromatic nitrogens is 2. The molecule has 2 aromatic rings. The lowest BCUT2D eigenvalue weighted by molar-refractivity contribution is -0.149. The molecule has 2 fully saturated rings. The average molecular weight is 357 g/mol. The zero-order chi connectivity index (χ0) is 18.1. The van der Waals surface area contributed by atoms with Gasteiger partial charge in [0.25, 0.3) is 0 Å². The van der Waals surface area contributed by atoms with Crippen LogP contribution in [-0.4, -0.2) is 45.8 Å². The van der Waals surface area contributed by atoms with E-state index in [0.717, 1.165) is 37.1 Å². The molecule has 0 unspecified atom stereocenters. The van der Waals surface area contributed by atoms with Crippen LogP contribution in [0, 0.1) is 11.3 Å². The summed E-state index contributed by atoms with van der Waals surface area (Å²) < 4.78 is 10.8. The zero-order valence-electron chi connectivity index (χ0n) is 14.9. The van der Waals surface area contributed by atoms with Crippen LogP contribution in [0.25, 0.3) is 11.4 Å². The summed E-state index contributed by atoms with van der Waals surface area (Å²) in [6, 6.07) is 7.57. The molecule has 26 heavy (non-hydrogen) atoms. The maximum Gasteiger partial charge on any atom is 0.311 e. The molecule has 1 saturated heterocycles. The monoisotopic (exact) mass is 357 g/mol. The number of fused-ring (bicyclic) bond motifs is 1. The van der Waals surface area contributed by atoms with Crippen LogP contribution >= 0.6 is 0 Å². The van der Waals surface area contributed by atoms with Gasteiger partial charge in [-0.3, -0.25) is 9.69 Å². The van der Waals surface area contributed by atoms with Gasteiger partial charge < -0.3 is 14.4 Å². The van der Waals surface area contributed by atoms with E-state index < -0.39 is 11.4 Å². The van der Waals surface area contributed by atoms with Crippen molar-refractivity contribution >= 4 is 5.97 Å². The summed E-state index contributed by atoms with van der Waals surface area (Å²) in [4.78, 5) is 18.4. The van der Waals surface area contributed by atoms with Gasteiger partial charge in [-0.15, -0.1) is 0 Å². The molecule has 1 aromatic carbocycles. The molecular formula is C19H23N3O4. The van der Waals surface area contributed by atoms with Crippen LogP contribution in [0.15, 0.2) is 28.8 Å². The SMILES string of the molecule is CCOc1ccc(-c2noc(CN3C[C@@H]4CCC[C@@]4(C(=O)O)C3)n2)cc1. The summed E-state index contributed by atoms with van der Waals surface area (Å²) >= 11 is 0. The van der Waals surface area contributed by atoms with Crippen molar-refractivity contribution in [2.24, 2.45) is 11.3 Å². The fourth-order valence-electron chi connectivity index (χ4n) is 4.36. The molecule has 2 atom stereocenters. The van der Waals surface area contributed by atoms with E-state index in [-0.39, 0.29) is 5.92 Å². The minimum Gasteiger partial charge on any atom is -0.494 e. The van der Waals surface area contributed by atoms with E-state index in [0.29, 0.717) is 31.4 Å². The smallest absolute Gasteiger partial charge is 0.311 e.